The summed E-state index contributed by atoms with van der Waals surface area (Å²) in [4.78, 5) is 16.5. The Kier molecular flexibility index (Phi) is 11.9. The maximum atomic E-state index is 16.5. The molecule has 0 unspecified atom stereocenters. The van der Waals surface area contributed by atoms with Crippen molar-refractivity contribution in [3.05, 3.63) is 307 Å². The van der Waals surface area contributed by atoms with Gasteiger partial charge in [-0.3, -0.25) is 4.79 Å². The number of aromatic nitrogens is 1. The third-order valence-corrected chi connectivity index (χ3v) is 15.7. The van der Waals surface area contributed by atoms with E-state index in [-0.39, 0.29) is 18.9 Å². The van der Waals surface area contributed by atoms with E-state index in [1.165, 1.54) is 21.9 Å². The minimum absolute atomic E-state index is 0.0509. The molecule has 3 nitrogen and oxygen atoms in total. The summed E-state index contributed by atoms with van der Waals surface area (Å²) in [5, 5.41) is 6.82. The Morgan fingerprint density at radius 2 is 0.667 bits per heavy atom. The molecule has 0 spiro atoms. The van der Waals surface area contributed by atoms with Gasteiger partial charge in [0.25, 0.3) is 0 Å². The molecule has 2 aromatic heterocycles. The lowest BCUT2D eigenvalue weighted by Gasteiger charge is -2.19. The van der Waals surface area contributed by atoms with E-state index in [0.717, 1.165) is 93.4 Å². The van der Waals surface area contributed by atoms with Crippen LogP contribution in [0.1, 0.15) is 0 Å². The van der Waals surface area contributed by atoms with E-state index >= 15 is 4.79 Å². The van der Waals surface area contributed by atoms with E-state index in [4.69, 9.17) is 4.42 Å². The zero-order chi connectivity index (χ0) is 51.9. The van der Waals surface area contributed by atoms with Crippen LogP contribution in [-0.2, 0) is 0 Å². The largest absolute Gasteiger partial charge is 0.454 e. The van der Waals surface area contributed by atoms with E-state index in [9.17, 15) is 0 Å². The van der Waals surface area contributed by atoms with Gasteiger partial charge in [-0.15, -0.1) is 0 Å². The summed E-state index contributed by atoms with van der Waals surface area (Å²) in [6.45, 7) is -0.242. The van der Waals surface area contributed by atoms with Crippen molar-refractivity contribution >= 4 is 111 Å². The van der Waals surface area contributed by atoms with Crippen molar-refractivity contribution < 1.29 is 4.42 Å². The first-order valence-electron chi connectivity index (χ1n) is 26.8. The zero-order valence-electron chi connectivity index (χ0n) is 42.7. The average Bonchev–Trinajstić information content (AvgIpc) is 3.99. The molecule has 5 heteroatoms. The number of nitrogens with zero attached hydrogens (tertiary/aromatic N) is 1. The molecule has 0 aliphatic carbocycles. The van der Waals surface area contributed by atoms with Gasteiger partial charge in [-0.25, -0.2) is 0 Å². The smallest absolute Gasteiger partial charge is 0.241 e. The Hall–Kier alpha value is -9.96. The highest BCUT2D eigenvalue weighted by atomic mass is 16.3. The second kappa shape index (κ2) is 20.0. The van der Waals surface area contributed by atoms with Gasteiger partial charge in [-0.05, 0) is 69.4 Å². The molecule has 0 radical (unpaired) electrons. The summed E-state index contributed by atoms with van der Waals surface area (Å²) in [5.74, 6) is 0. The standard InChI is InChI=1S/C73H49B2NO2/c77-72-61-42-40-58(74(54-26-11-3-12-27-54)55-28-13-4-14-29-55)48-64(61)66-46-52(50-22-7-1-8-23-50)38-44-68(66)76(70-36-21-35-63-60-34-19-20-37-71(60)78-73(63)70)69-45-39-53(51-24-9-2-10-25-51)47-67(69)65-49-59(41-43-62(65)72)75(56-30-15-5-16-31-56)57-32-17-6-18-33-57/h1-49H. The maximum Gasteiger partial charge on any atom is 0.241 e. The van der Waals surface area contributed by atoms with Gasteiger partial charge in [0, 0.05) is 32.3 Å². The minimum Gasteiger partial charge on any atom is -0.454 e. The topological polar surface area (TPSA) is 35.1 Å². The van der Waals surface area contributed by atoms with Gasteiger partial charge in [0.2, 0.25) is 13.4 Å². The number of hydrogen-bond donors (Lipinski definition) is 0. The first-order valence-corrected chi connectivity index (χ1v) is 26.8. The molecule has 0 bridgehead atoms. The summed E-state index contributed by atoms with van der Waals surface area (Å²) >= 11 is 0. The summed E-state index contributed by atoms with van der Waals surface area (Å²) < 4.78 is 9.44. The second-order valence-electron chi connectivity index (χ2n) is 20.2. The van der Waals surface area contributed by atoms with Gasteiger partial charge in [-0.2, -0.15) is 0 Å². The number of para-hydroxylation sites is 2. The number of benzene rings is 12. The quantitative estimate of drug-likeness (QED) is 0.135. The Labute approximate surface area is 453 Å². The van der Waals surface area contributed by atoms with E-state index < -0.39 is 0 Å². The van der Waals surface area contributed by atoms with Crippen LogP contribution in [0.3, 0.4) is 0 Å². The highest BCUT2D eigenvalue weighted by Crippen LogP contribution is 2.38. The first kappa shape index (κ1) is 46.6. The van der Waals surface area contributed by atoms with E-state index in [2.05, 4.69) is 296 Å². The molecule has 14 aromatic rings. The van der Waals surface area contributed by atoms with Crippen molar-refractivity contribution in [2.75, 3.05) is 0 Å². The minimum atomic E-state index is -0.121. The molecule has 0 aliphatic heterocycles. The Bertz CT molecular complexity index is 4360. The van der Waals surface area contributed by atoms with Gasteiger partial charge in [0.05, 0.1) is 16.7 Å². The summed E-state index contributed by atoms with van der Waals surface area (Å²) in [5.41, 5.74) is 15.3. The normalized spacial score (nSPS) is 11.4. The number of rotatable bonds is 9. The van der Waals surface area contributed by atoms with Crippen LogP contribution in [0.2, 0.25) is 0 Å². The van der Waals surface area contributed by atoms with Crippen molar-refractivity contribution in [1.82, 2.24) is 4.57 Å². The lowest BCUT2D eigenvalue weighted by molar-refractivity contribution is 0.666. The van der Waals surface area contributed by atoms with Crippen LogP contribution in [0.5, 0.6) is 0 Å². The maximum absolute atomic E-state index is 16.5. The summed E-state index contributed by atoms with van der Waals surface area (Å²) in [6.07, 6.45) is 0. The lowest BCUT2D eigenvalue weighted by Crippen LogP contribution is -2.51. The molecule has 0 atom stereocenters. The van der Waals surface area contributed by atoms with E-state index in [1.54, 1.807) is 0 Å². The van der Waals surface area contributed by atoms with Gasteiger partial charge in [0.1, 0.15) is 5.58 Å². The summed E-state index contributed by atoms with van der Waals surface area (Å²) in [6, 6.07) is 105. The van der Waals surface area contributed by atoms with Gasteiger partial charge >= 0.3 is 0 Å². The molecule has 12 aromatic carbocycles. The molecule has 78 heavy (non-hydrogen) atoms. The van der Waals surface area contributed by atoms with E-state index in [0.29, 0.717) is 10.8 Å². The number of fused-ring (bicyclic) bond motifs is 9. The fraction of sp³-hybridized carbons (Fsp3) is 0. The fourth-order valence-electron chi connectivity index (χ4n) is 12.0. The molecule has 2 heterocycles. The molecule has 0 aliphatic rings. The summed E-state index contributed by atoms with van der Waals surface area (Å²) in [7, 11) is 0. The van der Waals surface area contributed by atoms with Crippen molar-refractivity contribution in [1.29, 1.82) is 0 Å². The predicted octanol–water partition coefficient (Wildman–Crippen LogP) is 13.8. The monoisotopic (exact) mass is 993 g/mol. The lowest BCUT2D eigenvalue weighted by atomic mass is 9.37. The third kappa shape index (κ3) is 8.34. The van der Waals surface area contributed by atoms with Crippen LogP contribution < -0.4 is 38.2 Å². The van der Waals surface area contributed by atoms with Gasteiger partial charge in [-0.1, -0.05) is 294 Å². The Morgan fingerprint density at radius 3 is 1.12 bits per heavy atom. The van der Waals surface area contributed by atoms with Crippen LogP contribution in [0.15, 0.2) is 306 Å². The zero-order valence-corrected chi connectivity index (χ0v) is 42.7. The van der Waals surface area contributed by atoms with E-state index in [1.807, 2.05) is 6.07 Å². The highest BCUT2D eigenvalue weighted by Gasteiger charge is 2.25. The van der Waals surface area contributed by atoms with Crippen molar-refractivity contribution in [3.8, 4) is 27.9 Å². The number of hydrogen-bond acceptors (Lipinski definition) is 2. The fourth-order valence-corrected chi connectivity index (χ4v) is 12.0. The van der Waals surface area contributed by atoms with Crippen LogP contribution >= 0.6 is 0 Å². The third-order valence-electron chi connectivity index (χ3n) is 15.7. The molecular weight excluding hydrogens is 944 g/mol. The predicted molar refractivity (Wildman–Crippen MR) is 333 cm³/mol. The molecule has 0 fully saturated rings. The Balaban J connectivity index is 1.23. The molecule has 0 saturated carbocycles. The molecule has 0 saturated heterocycles. The van der Waals surface area contributed by atoms with Crippen LogP contribution in [-0.4, -0.2) is 18.0 Å². The van der Waals surface area contributed by atoms with Crippen molar-refractivity contribution in [3.63, 3.8) is 0 Å². The van der Waals surface area contributed by atoms with Crippen molar-refractivity contribution in [2.24, 2.45) is 0 Å². The van der Waals surface area contributed by atoms with Crippen LogP contribution in [0.25, 0.3) is 93.2 Å². The molecule has 0 amide bonds. The highest BCUT2D eigenvalue weighted by molar-refractivity contribution is 6.96. The van der Waals surface area contributed by atoms with Crippen LogP contribution in [0.4, 0.5) is 0 Å². The molecular formula is C73H49B2NO2. The first-order chi connectivity index (χ1) is 38.6. The van der Waals surface area contributed by atoms with Gasteiger partial charge < -0.3 is 8.98 Å². The Morgan fingerprint density at radius 1 is 0.269 bits per heavy atom. The molecule has 364 valence electrons. The SMILES string of the molecule is O=c1c2ccc(B(c3ccccc3)c3ccccc3)cc2c2cc(-c3ccccc3)ccc2n(-c2cccc3c2oc2ccccc23)c2ccc(-c3ccccc3)cc2c2cc(B(c3ccccc3)c3ccccc3)ccc12. The van der Waals surface area contributed by atoms with Crippen LogP contribution in [0, 0.1) is 0 Å². The van der Waals surface area contributed by atoms with Crippen molar-refractivity contribution in [2.45, 2.75) is 0 Å². The molecule has 0 N–H and O–H groups in total. The van der Waals surface area contributed by atoms with Gasteiger partial charge in [0.15, 0.2) is 11.0 Å². The average molecular weight is 994 g/mol. The number of furan rings is 1. The molecule has 14 rings (SSSR count). The second-order valence-corrected chi connectivity index (χ2v) is 20.2.